The van der Waals surface area contributed by atoms with Crippen LogP contribution < -0.4 is 5.32 Å². The Bertz CT molecular complexity index is 191. The molecule has 1 saturated heterocycles. The maximum absolute atomic E-state index is 5.69. The molecule has 1 heterocycles. The Balaban J connectivity index is 1.67. The van der Waals surface area contributed by atoms with Gasteiger partial charge in [0.1, 0.15) is 0 Å². The van der Waals surface area contributed by atoms with Crippen LogP contribution in [0.1, 0.15) is 52.4 Å². The van der Waals surface area contributed by atoms with Crippen molar-refractivity contribution < 1.29 is 4.74 Å². The first kappa shape index (κ1) is 11.4. The van der Waals surface area contributed by atoms with E-state index < -0.39 is 0 Å². The van der Waals surface area contributed by atoms with Gasteiger partial charge in [-0.05, 0) is 38.5 Å². The molecule has 3 atom stereocenters. The van der Waals surface area contributed by atoms with Gasteiger partial charge in [0, 0.05) is 18.7 Å². The Morgan fingerprint density at radius 1 is 1.33 bits per heavy atom. The minimum atomic E-state index is 0.504. The summed E-state index contributed by atoms with van der Waals surface area (Å²) in [7, 11) is 0. The molecule has 2 nitrogen and oxygen atoms in total. The van der Waals surface area contributed by atoms with E-state index >= 15 is 0 Å². The minimum Gasteiger partial charge on any atom is -0.378 e. The van der Waals surface area contributed by atoms with Crippen molar-refractivity contribution in [1.29, 1.82) is 0 Å². The first-order chi connectivity index (χ1) is 7.28. The standard InChI is InChI=1S/C13H25NO/c1-3-13-9-12(6-7-15-13)14-10(2)8-11-4-5-11/h10-14H,3-9H2,1-2H3. The van der Waals surface area contributed by atoms with Crippen LogP contribution in [0, 0.1) is 5.92 Å². The van der Waals surface area contributed by atoms with Crippen molar-refractivity contribution in [2.24, 2.45) is 5.92 Å². The average molecular weight is 211 g/mol. The van der Waals surface area contributed by atoms with E-state index in [4.69, 9.17) is 4.74 Å². The molecule has 2 fully saturated rings. The molecular formula is C13H25NO. The van der Waals surface area contributed by atoms with Crippen molar-refractivity contribution in [3.05, 3.63) is 0 Å². The zero-order chi connectivity index (χ0) is 10.7. The van der Waals surface area contributed by atoms with E-state index in [1.807, 2.05) is 0 Å². The zero-order valence-corrected chi connectivity index (χ0v) is 10.2. The summed E-state index contributed by atoms with van der Waals surface area (Å²) in [6, 6.07) is 1.41. The van der Waals surface area contributed by atoms with Crippen LogP contribution in [0.3, 0.4) is 0 Å². The van der Waals surface area contributed by atoms with E-state index in [9.17, 15) is 0 Å². The van der Waals surface area contributed by atoms with Crippen molar-refractivity contribution in [3.8, 4) is 0 Å². The normalized spacial score (nSPS) is 34.0. The fourth-order valence-electron chi connectivity index (χ4n) is 2.64. The van der Waals surface area contributed by atoms with Gasteiger partial charge >= 0.3 is 0 Å². The number of rotatable bonds is 5. The Hall–Kier alpha value is -0.0800. The van der Waals surface area contributed by atoms with Gasteiger partial charge in [0.05, 0.1) is 6.10 Å². The summed E-state index contributed by atoms with van der Waals surface area (Å²) in [6.45, 7) is 5.52. The second kappa shape index (κ2) is 5.31. The van der Waals surface area contributed by atoms with E-state index in [0.29, 0.717) is 18.2 Å². The highest BCUT2D eigenvalue weighted by Crippen LogP contribution is 2.33. The smallest absolute Gasteiger partial charge is 0.0587 e. The molecule has 0 amide bonds. The van der Waals surface area contributed by atoms with Crippen molar-refractivity contribution in [2.45, 2.75) is 70.6 Å². The Morgan fingerprint density at radius 3 is 2.80 bits per heavy atom. The van der Waals surface area contributed by atoms with E-state index in [-0.39, 0.29) is 0 Å². The average Bonchev–Trinajstić information content (AvgIpc) is 3.02. The molecular weight excluding hydrogens is 186 g/mol. The van der Waals surface area contributed by atoms with Gasteiger partial charge in [0.15, 0.2) is 0 Å². The molecule has 0 aromatic rings. The van der Waals surface area contributed by atoms with Gasteiger partial charge in [-0.15, -0.1) is 0 Å². The number of hydrogen-bond donors (Lipinski definition) is 1. The molecule has 0 aromatic heterocycles. The summed E-state index contributed by atoms with van der Waals surface area (Å²) in [5.41, 5.74) is 0. The van der Waals surface area contributed by atoms with Crippen LogP contribution in [0.25, 0.3) is 0 Å². The molecule has 0 aromatic carbocycles. The van der Waals surface area contributed by atoms with Crippen LogP contribution in [0.2, 0.25) is 0 Å². The van der Waals surface area contributed by atoms with E-state index in [2.05, 4.69) is 19.2 Å². The van der Waals surface area contributed by atoms with Gasteiger partial charge in [-0.2, -0.15) is 0 Å². The summed E-state index contributed by atoms with van der Waals surface area (Å²) in [5.74, 6) is 1.04. The lowest BCUT2D eigenvalue weighted by Crippen LogP contribution is -2.43. The van der Waals surface area contributed by atoms with Gasteiger partial charge < -0.3 is 10.1 Å². The third kappa shape index (κ3) is 3.76. The first-order valence-electron chi connectivity index (χ1n) is 6.65. The molecule has 1 N–H and O–H groups in total. The second-order valence-corrected chi connectivity index (χ2v) is 5.37. The van der Waals surface area contributed by atoms with Gasteiger partial charge in [-0.1, -0.05) is 19.8 Å². The van der Waals surface area contributed by atoms with Crippen LogP contribution in [0.4, 0.5) is 0 Å². The van der Waals surface area contributed by atoms with E-state index in [1.54, 1.807) is 0 Å². The van der Waals surface area contributed by atoms with Crippen LogP contribution in [-0.4, -0.2) is 24.8 Å². The van der Waals surface area contributed by atoms with Crippen LogP contribution in [0.15, 0.2) is 0 Å². The largest absolute Gasteiger partial charge is 0.378 e. The van der Waals surface area contributed by atoms with Crippen molar-refractivity contribution in [3.63, 3.8) is 0 Å². The lowest BCUT2D eigenvalue weighted by atomic mass is 10.00. The third-order valence-corrected chi connectivity index (χ3v) is 3.73. The topological polar surface area (TPSA) is 21.3 Å². The van der Waals surface area contributed by atoms with Gasteiger partial charge in [0.2, 0.25) is 0 Å². The Morgan fingerprint density at radius 2 is 2.13 bits per heavy atom. The highest BCUT2D eigenvalue weighted by Gasteiger charge is 2.26. The van der Waals surface area contributed by atoms with Crippen molar-refractivity contribution in [2.75, 3.05) is 6.61 Å². The maximum Gasteiger partial charge on any atom is 0.0587 e. The SMILES string of the molecule is CCC1CC(NC(C)CC2CC2)CCO1. The molecule has 1 saturated carbocycles. The minimum absolute atomic E-state index is 0.504. The van der Waals surface area contributed by atoms with Crippen LogP contribution in [0.5, 0.6) is 0 Å². The number of hydrogen-bond acceptors (Lipinski definition) is 2. The lowest BCUT2D eigenvalue weighted by molar-refractivity contribution is -0.00183. The lowest BCUT2D eigenvalue weighted by Gasteiger charge is -2.31. The molecule has 2 rings (SSSR count). The highest BCUT2D eigenvalue weighted by molar-refractivity contribution is 4.82. The molecule has 3 unspecified atom stereocenters. The predicted molar refractivity (Wildman–Crippen MR) is 63.0 cm³/mol. The molecule has 0 bridgehead atoms. The molecule has 15 heavy (non-hydrogen) atoms. The molecule has 0 spiro atoms. The Labute approximate surface area is 93.8 Å². The molecule has 88 valence electrons. The Kier molecular flexibility index (Phi) is 4.04. The summed E-state index contributed by atoms with van der Waals surface area (Å²) < 4.78 is 5.69. The van der Waals surface area contributed by atoms with Crippen molar-refractivity contribution in [1.82, 2.24) is 5.32 Å². The number of nitrogens with one attached hydrogen (secondary N) is 1. The summed E-state index contributed by atoms with van der Waals surface area (Å²) in [4.78, 5) is 0. The third-order valence-electron chi connectivity index (χ3n) is 3.73. The molecule has 1 aliphatic carbocycles. The zero-order valence-electron chi connectivity index (χ0n) is 10.2. The second-order valence-electron chi connectivity index (χ2n) is 5.37. The first-order valence-corrected chi connectivity index (χ1v) is 6.65. The monoisotopic (exact) mass is 211 g/mol. The fraction of sp³-hybridized carbons (Fsp3) is 1.00. The number of ether oxygens (including phenoxy) is 1. The maximum atomic E-state index is 5.69. The predicted octanol–water partition coefficient (Wildman–Crippen LogP) is 2.72. The van der Waals surface area contributed by atoms with Gasteiger partial charge in [-0.25, -0.2) is 0 Å². The summed E-state index contributed by atoms with van der Waals surface area (Å²) in [6.07, 6.45) is 8.40. The van der Waals surface area contributed by atoms with Gasteiger partial charge in [0.25, 0.3) is 0 Å². The van der Waals surface area contributed by atoms with Crippen LogP contribution in [-0.2, 0) is 4.74 Å². The van der Waals surface area contributed by atoms with Crippen molar-refractivity contribution >= 4 is 0 Å². The molecule has 2 aliphatic rings. The molecule has 2 heteroatoms. The van der Waals surface area contributed by atoms with E-state index in [1.165, 1.54) is 32.1 Å². The summed E-state index contributed by atoms with van der Waals surface area (Å²) in [5, 5.41) is 3.77. The van der Waals surface area contributed by atoms with E-state index in [0.717, 1.165) is 18.9 Å². The molecule has 0 radical (unpaired) electrons. The fourth-order valence-corrected chi connectivity index (χ4v) is 2.64. The summed E-state index contributed by atoms with van der Waals surface area (Å²) >= 11 is 0. The highest BCUT2D eigenvalue weighted by atomic mass is 16.5. The van der Waals surface area contributed by atoms with Crippen LogP contribution >= 0.6 is 0 Å². The molecule has 1 aliphatic heterocycles. The van der Waals surface area contributed by atoms with Gasteiger partial charge in [-0.3, -0.25) is 0 Å². The quantitative estimate of drug-likeness (QED) is 0.755.